The third-order valence-electron chi connectivity index (χ3n) is 3.08. The Morgan fingerprint density at radius 2 is 2.00 bits per heavy atom. The molecule has 0 saturated carbocycles. The van der Waals surface area contributed by atoms with Crippen LogP contribution in [-0.2, 0) is 6.42 Å². The molecule has 2 rings (SSSR count). The highest BCUT2D eigenvalue weighted by Gasteiger charge is 2.11. The lowest BCUT2D eigenvalue weighted by Crippen LogP contribution is -2.24. The Bertz CT molecular complexity index is 482. The third kappa shape index (κ3) is 4.14. The first kappa shape index (κ1) is 13.7. The number of hydrogen-bond acceptors (Lipinski definition) is 2. The van der Waals surface area contributed by atoms with E-state index in [0.717, 1.165) is 24.9 Å². The summed E-state index contributed by atoms with van der Waals surface area (Å²) in [5.74, 6) is -0.195. The molecule has 0 aliphatic rings. The van der Waals surface area contributed by atoms with Crippen molar-refractivity contribution in [1.82, 2.24) is 10.3 Å². The second-order valence-electron chi connectivity index (χ2n) is 4.62. The van der Waals surface area contributed by atoms with Gasteiger partial charge in [-0.1, -0.05) is 25.1 Å². The van der Waals surface area contributed by atoms with Crippen LogP contribution in [0.4, 0.5) is 4.39 Å². The first-order valence-electron chi connectivity index (χ1n) is 6.67. The molecule has 3 heteroatoms. The molecule has 0 bridgehead atoms. The molecule has 1 unspecified atom stereocenters. The molecule has 0 saturated heterocycles. The van der Waals surface area contributed by atoms with Crippen molar-refractivity contribution in [3.8, 4) is 0 Å². The van der Waals surface area contributed by atoms with Gasteiger partial charge in [0.2, 0.25) is 0 Å². The highest BCUT2D eigenvalue weighted by atomic mass is 19.1. The van der Waals surface area contributed by atoms with E-state index in [-0.39, 0.29) is 11.9 Å². The minimum absolute atomic E-state index is 0.195. The normalized spacial score (nSPS) is 12.3. The van der Waals surface area contributed by atoms with E-state index in [4.69, 9.17) is 0 Å². The van der Waals surface area contributed by atoms with E-state index in [2.05, 4.69) is 23.3 Å². The van der Waals surface area contributed by atoms with Gasteiger partial charge >= 0.3 is 0 Å². The van der Waals surface area contributed by atoms with Gasteiger partial charge in [-0.3, -0.25) is 4.98 Å². The maximum absolute atomic E-state index is 13.0. The molecule has 0 spiro atoms. The van der Waals surface area contributed by atoms with Crippen molar-refractivity contribution in [2.45, 2.75) is 25.8 Å². The average molecular weight is 258 g/mol. The number of pyridine rings is 1. The predicted octanol–water partition coefficient (Wildman–Crippen LogP) is 3.50. The van der Waals surface area contributed by atoms with Crippen molar-refractivity contribution in [3.05, 3.63) is 65.7 Å². The standard InChI is InChI=1S/C16H19FN2/c1-2-9-19-16(11-13-4-3-10-18-12-13)14-5-7-15(17)8-6-14/h3-8,10,12,16,19H,2,9,11H2,1H3. The SMILES string of the molecule is CCCNC(Cc1cccnc1)c1ccc(F)cc1. The third-order valence-corrected chi connectivity index (χ3v) is 3.08. The van der Waals surface area contributed by atoms with Gasteiger partial charge in [0.25, 0.3) is 0 Å². The number of rotatable bonds is 6. The largest absolute Gasteiger partial charge is 0.310 e. The van der Waals surface area contributed by atoms with E-state index >= 15 is 0 Å². The molecule has 1 atom stereocenters. The zero-order chi connectivity index (χ0) is 13.5. The predicted molar refractivity (Wildman–Crippen MR) is 75.4 cm³/mol. The molecular weight excluding hydrogens is 239 g/mol. The van der Waals surface area contributed by atoms with Gasteiger partial charge in [0.05, 0.1) is 0 Å². The van der Waals surface area contributed by atoms with Crippen LogP contribution < -0.4 is 5.32 Å². The summed E-state index contributed by atoms with van der Waals surface area (Å²) in [6, 6.07) is 10.9. The molecule has 100 valence electrons. The molecule has 1 aromatic carbocycles. The first-order valence-corrected chi connectivity index (χ1v) is 6.67. The summed E-state index contributed by atoms with van der Waals surface area (Å²) in [7, 11) is 0. The molecule has 0 aliphatic carbocycles. The molecule has 0 aliphatic heterocycles. The Labute approximate surface area is 113 Å². The van der Waals surface area contributed by atoms with Gasteiger partial charge < -0.3 is 5.32 Å². The minimum Gasteiger partial charge on any atom is -0.310 e. The molecule has 2 nitrogen and oxygen atoms in total. The Morgan fingerprint density at radius 1 is 1.21 bits per heavy atom. The maximum atomic E-state index is 13.0. The molecular formula is C16H19FN2. The molecule has 0 amide bonds. The zero-order valence-corrected chi connectivity index (χ0v) is 11.1. The summed E-state index contributed by atoms with van der Waals surface area (Å²) in [5.41, 5.74) is 2.29. The molecule has 0 fully saturated rings. The van der Waals surface area contributed by atoms with Crippen molar-refractivity contribution < 1.29 is 4.39 Å². The average Bonchev–Trinajstić information content (AvgIpc) is 2.45. The van der Waals surface area contributed by atoms with Crippen LogP contribution in [0.3, 0.4) is 0 Å². The molecule has 0 radical (unpaired) electrons. The smallest absolute Gasteiger partial charge is 0.123 e. The summed E-state index contributed by atoms with van der Waals surface area (Å²) in [4.78, 5) is 4.14. The van der Waals surface area contributed by atoms with Gasteiger partial charge in [-0.25, -0.2) is 4.39 Å². The minimum atomic E-state index is -0.195. The van der Waals surface area contributed by atoms with Crippen molar-refractivity contribution in [2.24, 2.45) is 0 Å². The van der Waals surface area contributed by atoms with Crippen molar-refractivity contribution in [2.75, 3.05) is 6.54 Å². The highest BCUT2D eigenvalue weighted by molar-refractivity contribution is 5.23. The van der Waals surface area contributed by atoms with Crippen molar-refractivity contribution >= 4 is 0 Å². The second-order valence-corrected chi connectivity index (χ2v) is 4.62. The van der Waals surface area contributed by atoms with Gasteiger partial charge in [0.1, 0.15) is 5.82 Å². The fourth-order valence-electron chi connectivity index (χ4n) is 2.08. The Hall–Kier alpha value is -1.74. The fraction of sp³-hybridized carbons (Fsp3) is 0.312. The van der Waals surface area contributed by atoms with E-state index < -0.39 is 0 Å². The van der Waals surface area contributed by atoms with E-state index in [1.807, 2.05) is 24.4 Å². The lowest BCUT2D eigenvalue weighted by molar-refractivity contribution is 0.527. The molecule has 19 heavy (non-hydrogen) atoms. The number of nitrogens with zero attached hydrogens (tertiary/aromatic N) is 1. The molecule has 2 aromatic rings. The number of nitrogens with one attached hydrogen (secondary N) is 1. The monoisotopic (exact) mass is 258 g/mol. The Balaban J connectivity index is 2.13. The molecule has 1 aromatic heterocycles. The number of aromatic nitrogens is 1. The van der Waals surface area contributed by atoms with Crippen LogP contribution in [0.15, 0.2) is 48.8 Å². The topological polar surface area (TPSA) is 24.9 Å². The van der Waals surface area contributed by atoms with Crippen LogP contribution >= 0.6 is 0 Å². The lowest BCUT2D eigenvalue weighted by Gasteiger charge is -2.19. The zero-order valence-electron chi connectivity index (χ0n) is 11.1. The van der Waals surface area contributed by atoms with E-state index in [1.165, 1.54) is 17.7 Å². The fourth-order valence-corrected chi connectivity index (χ4v) is 2.08. The number of benzene rings is 1. The van der Waals surface area contributed by atoms with Crippen LogP contribution in [0.1, 0.15) is 30.5 Å². The van der Waals surface area contributed by atoms with Crippen molar-refractivity contribution in [3.63, 3.8) is 0 Å². The highest BCUT2D eigenvalue weighted by Crippen LogP contribution is 2.18. The van der Waals surface area contributed by atoms with Crippen LogP contribution in [-0.4, -0.2) is 11.5 Å². The molecule has 1 heterocycles. The number of hydrogen-bond donors (Lipinski definition) is 1. The van der Waals surface area contributed by atoms with Crippen LogP contribution in [0, 0.1) is 5.82 Å². The van der Waals surface area contributed by atoms with Crippen LogP contribution in [0.25, 0.3) is 0 Å². The van der Waals surface area contributed by atoms with E-state index in [9.17, 15) is 4.39 Å². The van der Waals surface area contributed by atoms with Crippen LogP contribution in [0.2, 0.25) is 0 Å². The van der Waals surface area contributed by atoms with Gasteiger partial charge in [-0.05, 0) is 48.7 Å². The Morgan fingerprint density at radius 3 is 2.63 bits per heavy atom. The van der Waals surface area contributed by atoms with Gasteiger partial charge in [-0.15, -0.1) is 0 Å². The summed E-state index contributed by atoms with van der Waals surface area (Å²) in [6.07, 6.45) is 5.59. The van der Waals surface area contributed by atoms with E-state index in [0.29, 0.717) is 0 Å². The quantitative estimate of drug-likeness (QED) is 0.857. The number of halogens is 1. The van der Waals surface area contributed by atoms with Gasteiger partial charge in [0, 0.05) is 18.4 Å². The van der Waals surface area contributed by atoms with Gasteiger partial charge in [0.15, 0.2) is 0 Å². The maximum Gasteiger partial charge on any atom is 0.123 e. The molecule has 1 N–H and O–H groups in total. The summed E-state index contributed by atoms with van der Waals surface area (Å²) >= 11 is 0. The summed E-state index contributed by atoms with van der Waals surface area (Å²) < 4.78 is 13.0. The van der Waals surface area contributed by atoms with Crippen LogP contribution in [0.5, 0.6) is 0 Å². The van der Waals surface area contributed by atoms with Gasteiger partial charge in [-0.2, -0.15) is 0 Å². The summed E-state index contributed by atoms with van der Waals surface area (Å²) in [6.45, 7) is 3.08. The first-order chi connectivity index (χ1) is 9.29. The Kier molecular flexibility index (Phi) is 5.04. The second kappa shape index (κ2) is 7.00. The lowest BCUT2D eigenvalue weighted by atomic mass is 9.99. The summed E-state index contributed by atoms with van der Waals surface area (Å²) in [5, 5.41) is 3.50. The van der Waals surface area contributed by atoms with E-state index in [1.54, 1.807) is 6.20 Å². The van der Waals surface area contributed by atoms with Crippen molar-refractivity contribution in [1.29, 1.82) is 0 Å².